The van der Waals surface area contributed by atoms with Gasteiger partial charge >= 0.3 is 7.12 Å². The Morgan fingerprint density at radius 3 is 2.26 bits per heavy atom. The molecule has 0 aromatic heterocycles. The Kier molecular flexibility index (Phi) is 4.84. The quantitative estimate of drug-likeness (QED) is 0.435. The van der Waals surface area contributed by atoms with Gasteiger partial charge in [0.25, 0.3) is 0 Å². The van der Waals surface area contributed by atoms with Gasteiger partial charge in [0.2, 0.25) is 0 Å². The van der Waals surface area contributed by atoms with Crippen LogP contribution in [0.5, 0.6) is 0 Å². The maximum Gasteiger partial charge on any atom is 0.487 e. The fourth-order valence-electron chi connectivity index (χ4n) is 1.61. The van der Waals surface area contributed by atoms with Gasteiger partial charge in [-0.15, -0.1) is 6.42 Å². The lowest BCUT2D eigenvalue weighted by molar-refractivity contribution is 0.00578. The first-order chi connectivity index (χ1) is 8.68. The molecule has 1 aliphatic rings. The highest BCUT2D eigenvalue weighted by Gasteiger charge is 2.49. The van der Waals surface area contributed by atoms with E-state index in [4.69, 9.17) is 15.7 Å². The molecule has 0 bridgehead atoms. The van der Waals surface area contributed by atoms with Crippen molar-refractivity contribution >= 4 is 7.12 Å². The molecule has 0 aromatic rings. The second-order valence-corrected chi connectivity index (χ2v) is 5.88. The van der Waals surface area contributed by atoms with Gasteiger partial charge in [0.1, 0.15) is 0 Å². The van der Waals surface area contributed by atoms with Crippen molar-refractivity contribution in [1.82, 2.24) is 0 Å². The first kappa shape index (κ1) is 15.8. The Hall–Kier alpha value is -1.24. The van der Waals surface area contributed by atoms with Crippen LogP contribution in [0, 0.1) is 12.3 Å². The molecule has 0 atom stereocenters. The van der Waals surface area contributed by atoms with Crippen LogP contribution in [0.4, 0.5) is 0 Å². The Bertz CT molecular complexity index is 434. The number of rotatable bonds is 4. The molecule has 0 unspecified atom stereocenters. The van der Waals surface area contributed by atoms with Crippen LogP contribution in [-0.2, 0) is 9.31 Å². The van der Waals surface area contributed by atoms with E-state index < -0.39 is 0 Å². The summed E-state index contributed by atoms with van der Waals surface area (Å²) in [5.41, 5.74) is 1.31. The molecule has 0 radical (unpaired) electrons. The zero-order valence-corrected chi connectivity index (χ0v) is 12.6. The second-order valence-electron chi connectivity index (χ2n) is 5.88. The van der Waals surface area contributed by atoms with Crippen molar-refractivity contribution in [3.63, 3.8) is 0 Å². The molecule has 19 heavy (non-hydrogen) atoms. The van der Waals surface area contributed by atoms with Crippen molar-refractivity contribution in [2.75, 3.05) is 0 Å². The molecule has 1 heterocycles. The highest BCUT2D eigenvalue weighted by atomic mass is 16.7. The summed E-state index contributed by atoms with van der Waals surface area (Å²) in [7, 11) is -0.302. The predicted octanol–water partition coefficient (Wildman–Crippen LogP) is 3.70. The van der Waals surface area contributed by atoms with Gasteiger partial charge in [-0.2, -0.15) is 0 Å². The zero-order valence-electron chi connectivity index (χ0n) is 12.6. The first-order valence-electron chi connectivity index (χ1n) is 6.53. The summed E-state index contributed by atoms with van der Waals surface area (Å²) < 4.78 is 11.8. The lowest BCUT2D eigenvalue weighted by atomic mass is 9.89. The molecule has 102 valence electrons. The number of allylic oxidation sites excluding steroid dienone is 4. The number of hydrogen-bond acceptors (Lipinski definition) is 2. The van der Waals surface area contributed by atoms with Gasteiger partial charge in [-0.05, 0) is 46.6 Å². The summed E-state index contributed by atoms with van der Waals surface area (Å²) in [4.78, 5) is 0. The molecule has 3 heteroatoms. The van der Waals surface area contributed by atoms with Crippen molar-refractivity contribution in [1.29, 1.82) is 0 Å². The van der Waals surface area contributed by atoms with Crippen LogP contribution in [0.3, 0.4) is 0 Å². The van der Waals surface area contributed by atoms with Gasteiger partial charge in [-0.3, -0.25) is 0 Å². The minimum atomic E-state index is -0.302. The molecule has 0 amide bonds. The monoisotopic (exact) mass is 258 g/mol. The van der Waals surface area contributed by atoms with Crippen LogP contribution in [0.15, 0.2) is 35.9 Å². The first-order valence-corrected chi connectivity index (χ1v) is 6.53. The van der Waals surface area contributed by atoms with Gasteiger partial charge in [0.15, 0.2) is 0 Å². The standard InChI is InChI=1S/C16H23BO2/c1-8-13(2)9-10-14(3)11-12-17-18-15(4,5)16(6,7)19-17/h1,10-12H,2,9H2,3-7H3/b12-11+,14-10+. The van der Waals surface area contributed by atoms with Crippen molar-refractivity contribution in [2.24, 2.45) is 0 Å². The van der Waals surface area contributed by atoms with E-state index in [0.29, 0.717) is 6.42 Å². The Balaban J connectivity index is 2.60. The minimum Gasteiger partial charge on any atom is -0.400 e. The highest BCUT2D eigenvalue weighted by molar-refractivity contribution is 6.51. The van der Waals surface area contributed by atoms with E-state index in [-0.39, 0.29) is 18.3 Å². The van der Waals surface area contributed by atoms with Crippen LogP contribution in [-0.4, -0.2) is 18.3 Å². The summed E-state index contributed by atoms with van der Waals surface area (Å²) in [6.07, 6.45) is 10.00. The summed E-state index contributed by atoms with van der Waals surface area (Å²) in [6, 6.07) is 0. The summed E-state index contributed by atoms with van der Waals surface area (Å²) >= 11 is 0. The van der Waals surface area contributed by atoms with Crippen LogP contribution >= 0.6 is 0 Å². The molecular weight excluding hydrogens is 235 g/mol. The lowest BCUT2D eigenvalue weighted by Crippen LogP contribution is -2.41. The molecule has 1 aliphatic heterocycles. The molecule has 0 N–H and O–H groups in total. The van der Waals surface area contributed by atoms with Crippen molar-refractivity contribution in [3.8, 4) is 12.3 Å². The van der Waals surface area contributed by atoms with Crippen molar-refractivity contribution < 1.29 is 9.31 Å². The van der Waals surface area contributed by atoms with Crippen molar-refractivity contribution in [3.05, 3.63) is 35.9 Å². The summed E-state index contributed by atoms with van der Waals surface area (Å²) in [6.45, 7) is 14.0. The van der Waals surface area contributed by atoms with Gasteiger partial charge in [-0.25, -0.2) is 0 Å². The Morgan fingerprint density at radius 2 is 1.79 bits per heavy atom. The van der Waals surface area contributed by atoms with Gasteiger partial charge in [0, 0.05) is 0 Å². The number of terminal acetylenes is 1. The molecular formula is C16H23BO2. The smallest absolute Gasteiger partial charge is 0.400 e. The molecule has 0 spiro atoms. The SMILES string of the molecule is C#CC(=C)C/C=C(C)/C=C/B1OC(C)(C)C(C)(C)O1. The average molecular weight is 258 g/mol. The molecule has 1 rings (SSSR count). The minimum absolute atomic E-state index is 0.294. The molecule has 0 aliphatic carbocycles. The van der Waals surface area contributed by atoms with E-state index in [2.05, 4.69) is 12.5 Å². The number of hydrogen-bond donors (Lipinski definition) is 0. The van der Waals surface area contributed by atoms with Crippen LogP contribution in [0.1, 0.15) is 41.0 Å². The van der Waals surface area contributed by atoms with Crippen LogP contribution in [0.2, 0.25) is 0 Å². The third kappa shape index (κ3) is 4.13. The van der Waals surface area contributed by atoms with Gasteiger partial charge in [0.05, 0.1) is 11.2 Å². The fraction of sp³-hybridized carbons (Fsp3) is 0.500. The lowest BCUT2D eigenvalue weighted by Gasteiger charge is -2.32. The Morgan fingerprint density at radius 1 is 1.26 bits per heavy atom. The van der Waals surface area contributed by atoms with E-state index in [9.17, 15) is 0 Å². The van der Waals surface area contributed by atoms with E-state index >= 15 is 0 Å². The fourth-order valence-corrected chi connectivity index (χ4v) is 1.61. The van der Waals surface area contributed by atoms with Gasteiger partial charge in [-0.1, -0.05) is 36.2 Å². The van der Waals surface area contributed by atoms with Gasteiger partial charge < -0.3 is 9.31 Å². The topological polar surface area (TPSA) is 18.5 Å². The third-order valence-corrected chi connectivity index (χ3v) is 3.66. The highest BCUT2D eigenvalue weighted by Crippen LogP contribution is 2.36. The normalized spacial score (nSPS) is 21.7. The average Bonchev–Trinajstić information content (AvgIpc) is 2.52. The maximum absolute atomic E-state index is 5.88. The molecule has 1 saturated heterocycles. The van der Waals surface area contributed by atoms with Crippen molar-refractivity contribution in [2.45, 2.75) is 52.2 Å². The Labute approximate surface area is 117 Å². The largest absolute Gasteiger partial charge is 0.487 e. The molecule has 0 saturated carbocycles. The van der Waals surface area contributed by atoms with E-state index in [1.807, 2.05) is 52.7 Å². The van der Waals surface area contributed by atoms with E-state index in [0.717, 1.165) is 11.1 Å². The molecule has 1 fully saturated rings. The molecule has 0 aromatic carbocycles. The second kappa shape index (κ2) is 5.82. The summed E-state index contributed by atoms with van der Waals surface area (Å²) in [5, 5.41) is 0. The predicted molar refractivity (Wildman–Crippen MR) is 81.6 cm³/mol. The maximum atomic E-state index is 5.88. The molecule has 2 nitrogen and oxygen atoms in total. The summed E-state index contributed by atoms with van der Waals surface area (Å²) in [5.74, 6) is 4.46. The van der Waals surface area contributed by atoms with Crippen LogP contribution < -0.4 is 0 Å². The third-order valence-electron chi connectivity index (χ3n) is 3.66. The van der Waals surface area contributed by atoms with Crippen LogP contribution in [0.25, 0.3) is 0 Å². The van der Waals surface area contributed by atoms with E-state index in [1.165, 1.54) is 0 Å². The zero-order chi connectivity index (χ0) is 14.7. The van der Waals surface area contributed by atoms with E-state index in [1.54, 1.807) is 0 Å².